The SMILES string of the molecule is CCOc1ccc(CCNC(=NC)NC)cc1OCC. The highest BCUT2D eigenvalue weighted by Crippen LogP contribution is 2.28. The maximum atomic E-state index is 5.62. The third kappa shape index (κ3) is 4.99. The highest BCUT2D eigenvalue weighted by Gasteiger charge is 2.06. The van der Waals surface area contributed by atoms with Gasteiger partial charge >= 0.3 is 0 Å². The number of guanidine groups is 1. The molecule has 112 valence electrons. The van der Waals surface area contributed by atoms with Crippen molar-refractivity contribution in [2.75, 3.05) is 33.9 Å². The first-order valence-corrected chi connectivity index (χ1v) is 7.02. The van der Waals surface area contributed by atoms with Gasteiger partial charge in [0.2, 0.25) is 0 Å². The van der Waals surface area contributed by atoms with Crippen molar-refractivity contribution < 1.29 is 9.47 Å². The molecule has 0 bridgehead atoms. The number of hydrogen-bond acceptors (Lipinski definition) is 3. The lowest BCUT2D eigenvalue weighted by Gasteiger charge is -2.13. The molecule has 0 radical (unpaired) electrons. The van der Waals surface area contributed by atoms with Crippen molar-refractivity contribution >= 4 is 5.96 Å². The van der Waals surface area contributed by atoms with E-state index >= 15 is 0 Å². The molecule has 0 heterocycles. The predicted molar refractivity (Wildman–Crippen MR) is 82.9 cm³/mol. The van der Waals surface area contributed by atoms with E-state index in [0.29, 0.717) is 13.2 Å². The van der Waals surface area contributed by atoms with Gasteiger partial charge in [-0.2, -0.15) is 0 Å². The van der Waals surface area contributed by atoms with E-state index < -0.39 is 0 Å². The van der Waals surface area contributed by atoms with Crippen molar-refractivity contribution in [3.8, 4) is 11.5 Å². The Hall–Kier alpha value is -1.91. The second-order valence-electron chi connectivity index (χ2n) is 4.15. The summed E-state index contributed by atoms with van der Waals surface area (Å²) in [6.07, 6.45) is 0.896. The van der Waals surface area contributed by atoms with Crippen LogP contribution in [0.25, 0.3) is 0 Å². The van der Waals surface area contributed by atoms with Crippen LogP contribution in [0.3, 0.4) is 0 Å². The van der Waals surface area contributed by atoms with Crippen LogP contribution in [-0.4, -0.2) is 39.8 Å². The molecule has 20 heavy (non-hydrogen) atoms. The molecule has 0 spiro atoms. The van der Waals surface area contributed by atoms with Crippen LogP contribution in [0.5, 0.6) is 11.5 Å². The zero-order valence-corrected chi connectivity index (χ0v) is 12.8. The van der Waals surface area contributed by atoms with E-state index in [9.17, 15) is 0 Å². The highest BCUT2D eigenvalue weighted by atomic mass is 16.5. The van der Waals surface area contributed by atoms with Gasteiger partial charge in [0.05, 0.1) is 13.2 Å². The number of aliphatic imine (C=N–C) groups is 1. The molecule has 0 saturated carbocycles. The van der Waals surface area contributed by atoms with Crippen molar-refractivity contribution in [3.63, 3.8) is 0 Å². The van der Waals surface area contributed by atoms with E-state index in [2.05, 4.69) is 21.7 Å². The molecule has 0 saturated heterocycles. The summed E-state index contributed by atoms with van der Waals surface area (Å²) in [5.74, 6) is 2.41. The van der Waals surface area contributed by atoms with Crippen LogP contribution in [0.15, 0.2) is 23.2 Å². The highest BCUT2D eigenvalue weighted by molar-refractivity contribution is 5.79. The quantitative estimate of drug-likeness (QED) is 0.590. The lowest BCUT2D eigenvalue weighted by Crippen LogP contribution is -2.35. The van der Waals surface area contributed by atoms with Crippen LogP contribution in [0.1, 0.15) is 19.4 Å². The fourth-order valence-corrected chi connectivity index (χ4v) is 1.86. The molecule has 0 aliphatic rings. The first kappa shape index (κ1) is 16.1. The normalized spacial score (nSPS) is 11.1. The average molecular weight is 279 g/mol. The first-order valence-electron chi connectivity index (χ1n) is 7.02. The van der Waals surface area contributed by atoms with Gasteiger partial charge in [-0.3, -0.25) is 4.99 Å². The fourth-order valence-electron chi connectivity index (χ4n) is 1.86. The van der Waals surface area contributed by atoms with Gasteiger partial charge in [-0.1, -0.05) is 6.07 Å². The summed E-state index contributed by atoms with van der Waals surface area (Å²) >= 11 is 0. The molecule has 0 aromatic heterocycles. The molecule has 1 aromatic carbocycles. The molecular formula is C15H25N3O2. The Morgan fingerprint density at radius 2 is 1.85 bits per heavy atom. The van der Waals surface area contributed by atoms with E-state index in [4.69, 9.17) is 9.47 Å². The minimum absolute atomic E-state index is 0.633. The summed E-state index contributed by atoms with van der Waals surface area (Å²) < 4.78 is 11.2. The Morgan fingerprint density at radius 3 is 2.45 bits per heavy atom. The molecule has 5 nitrogen and oxygen atoms in total. The fraction of sp³-hybridized carbons (Fsp3) is 0.533. The zero-order valence-electron chi connectivity index (χ0n) is 12.8. The van der Waals surface area contributed by atoms with Gasteiger partial charge in [0.15, 0.2) is 17.5 Å². The number of hydrogen-bond donors (Lipinski definition) is 2. The van der Waals surface area contributed by atoms with Gasteiger partial charge in [0.1, 0.15) is 0 Å². The largest absolute Gasteiger partial charge is 0.490 e. The van der Waals surface area contributed by atoms with Gasteiger partial charge in [-0.05, 0) is 38.0 Å². The van der Waals surface area contributed by atoms with E-state index in [-0.39, 0.29) is 0 Å². The van der Waals surface area contributed by atoms with Crippen molar-refractivity contribution in [1.29, 1.82) is 0 Å². The van der Waals surface area contributed by atoms with Crippen molar-refractivity contribution in [2.45, 2.75) is 20.3 Å². The number of rotatable bonds is 7. The van der Waals surface area contributed by atoms with E-state index in [1.54, 1.807) is 7.05 Å². The molecule has 2 N–H and O–H groups in total. The average Bonchev–Trinajstić information content (AvgIpc) is 2.46. The predicted octanol–water partition coefficient (Wildman–Crippen LogP) is 1.82. The molecule has 5 heteroatoms. The van der Waals surface area contributed by atoms with Crippen LogP contribution < -0.4 is 20.1 Å². The number of benzene rings is 1. The molecule has 0 atom stereocenters. The van der Waals surface area contributed by atoms with Crippen LogP contribution >= 0.6 is 0 Å². The summed E-state index contributed by atoms with van der Waals surface area (Å²) in [7, 11) is 3.60. The first-order chi connectivity index (χ1) is 9.74. The molecule has 0 unspecified atom stereocenters. The summed E-state index contributed by atoms with van der Waals surface area (Å²) in [6, 6.07) is 6.08. The second-order valence-corrected chi connectivity index (χ2v) is 4.15. The Kier molecular flexibility index (Phi) is 7.32. The smallest absolute Gasteiger partial charge is 0.190 e. The van der Waals surface area contributed by atoms with E-state index in [0.717, 1.165) is 30.4 Å². The Balaban J connectivity index is 2.64. The van der Waals surface area contributed by atoms with Gasteiger partial charge in [-0.25, -0.2) is 0 Å². The van der Waals surface area contributed by atoms with Crippen LogP contribution in [0.4, 0.5) is 0 Å². The Labute approximate surface area is 121 Å². The monoisotopic (exact) mass is 279 g/mol. The van der Waals surface area contributed by atoms with Crippen molar-refractivity contribution in [3.05, 3.63) is 23.8 Å². The molecule has 1 rings (SSSR count). The standard InChI is InChI=1S/C15H25N3O2/c1-5-19-13-8-7-12(11-14(13)20-6-2)9-10-18-15(16-3)17-4/h7-8,11H,5-6,9-10H2,1-4H3,(H2,16,17,18). The maximum absolute atomic E-state index is 5.62. The van der Waals surface area contributed by atoms with Crippen molar-refractivity contribution in [1.82, 2.24) is 10.6 Å². The lowest BCUT2D eigenvalue weighted by atomic mass is 10.1. The third-order valence-electron chi connectivity index (χ3n) is 2.77. The topological polar surface area (TPSA) is 54.9 Å². The molecule has 0 aliphatic carbocycles. The van der Waals surface area contributed by atoms with Crippen LogP contribution in [0, 0.1) is 0 Å². The Morgan fingerprint density at radius 1 is 1.15 bits per heavy atom. The lowest BCUT2D eigenvalue weighted by molar-refractivity contribution is 0.287. The Bertz CT molecular complexity index is 433. The van der Waals surface area contributed by atoms with Gasteiger partial charge in [-0.15, -0.1) is 0 Å². The molecule has 0 aliphatic heterocycles. The molecule has 0 amide bonds. The van der Waals surface area contributed by atoms with Crippen LogP contribution in [-0.2, 0) is 6.42 Å². The molecular weight excluding hydrogens is 254 g/mol. The van der Waals surface area contributed by atoms with Crippen LogP contribution in [0.2, 0.25) is 0 Å². The number of ether oxygens (including phenoxy) is 2. The second kappa shape index (κ2) is 9.07. The minimum Gasteiger partial charge on any atom is -0.490 e. The van der Waals surface area contributed by atoms with Gasteiger partial charge in [0, 0.05) is 20.6 Å². The summed E-state index contributed by atoms with van der Waals surface area (Å²) in [5, 5.41) is 6.22. The molecule has 1 aromatic rings. The van der Waals surface area contributed by atoms with Gasteiger partial charge in [0.25, 0.3) is 0 Å². The minimum atomic E-state index is 0.633. The van der Waals surface area contributed by atoms with Crippen molar-refractivity contribution in [2.24, 2.45) is 4.99 Å². The number of nitrogens with zero attached hydrogens (tertiary/aromatic N) is 1. The summed E-state index contributed by atoms with van der Waals surface area (Å²) in [6.45, 7) is 6.03. The maximum Gasteiger partial charge on any atom is 0.190 e. The van der Waals surface area contributed by atoms with E-state index in [1.807, 2.05) is 33.0 Å². The number of nitrogens with one attached hydrogen (secondary N) is 2. The summed E-state index contributed by atoms with van der Waals surface area (Å²) in [4.78, 5) is 4.07. The molecule has 0 fully saturated rings. The third-order valence-corrected chi connectivity index (χ3v) is 2.77. The van der Waals surface area contributed by atoms with E-state index in [1.165, 1.54) is 5.56 Å². The summed E-state index contributed by atoms with van der Waals surface area (Å²) in [5.41, 5.74) is 1.20. The zero-order chi connectivity index (χ0) is 14.8. The van der Waals surface area contributed by atoms with Gasteiger partial charge < -0.3 is 20.1 Å².